The van der Waals surface area contributed by atoms with Crippen LogP contribution in [0.5, 0.6) is 5.75 Å². The third-order valence-corrected chi connectivity index (χ3v) is 6.80. The Bertz CT molecular complexity index is 1490. The van der Waals surface area contributed by atoms with Crippen LogP contribution in [0.25, 0.3) is 16.2 Å². The van der Waals surface area contributed by atoms with Gasteiger partial charge >= 0.3 is 0 Å². The Hall–Kier alpha value is -4.01. The summed E-state index contributed by atoms with van der Waals surface area (Å²) in [7, 11) is 0. The Balaban J connectivity index is 1.70. The number of anilines is 1. The third kappa shape index (κ3) is 3.65. The molecule has 0 saturated heterocycles. The largest absolute Gasteiger partial charge is 0.508 e. The van der Waals surface area contributed by atoms with Crippen LogP contribution in [0.3, 0.4) is 0 Å². The summed E-state index contributed by atoms with van der Waals surface area (Å²) in [6, 6.07) is 19.9. The molecule has 2 heterocycles. The van der Waals surface area contributed by atoms with Crippen molar-refractivity contribution in [3.63, 3.8) is 0 Å². The van der Waals surface area contributed by atoms with E-state index in [4.69, 9.17) is 11.6 Å². The van der Waals surface area contributed by atoms with E-state index in [-0.39, 0.29) is 22.7 Å². The van der Waals surface area contributed by atoms with Gasteiger partial charge in [-0.2, -0.15) is 0 Å². The minimum absolute atomic E-state index is 0.0425. The van der Waals surface area contributed by atoms with Crippen molar-refractivity contribution >= 4 is 62.2 Å². The van der Waals surface area contributed by atoms with Crippen molar-refractivity contribution in [3.05, 3.63) is 104 Å². The van der Waals surface area contributed by atoms with E-state index in [1.165, 1.54) is 40.5 Å². The third-order valence-electron chi connectivity index (χ3n) is 5.13. The van der Waals surface area contributed by atoms with E-state index in [2.05, 4.69) is 4.99 Å². The minimum atomic E-state index is -0.503. The number of aromatic hydroxyl groups is 1. The van der Waals surface area contributed by atoms with Crippen molar-refractivity contribution in [2.45, 2.75) is 0 Å². The number of aliphatic imine (C=N–C) groups is 1. The van der Waals surface area contributed by atoms with E-state index in [0.717, 1.165) is 10.1 Å². The molecule has 1 aromatic heterocycles. The van der Waals surface area contributed by atoms with E-state index in [0.29, 0.717) is 21.4 Å². The molecule has 1 N–H and O–H groups in total. The van der Waals surface area contributed by atoms with Crippen LogP contribution in [0.2, 0.25) is 5.02 Å². The first-order valence-corrected chi connectivity index (χ1v) is 11.0. The molecule has 33 heavy (non-hydrogen) atoms. The molecular formula is C24H14ClN3O4S. The first kappa shape index (κ1) is 20.9. The summed E-state index contributed by atoms with van der Waals surface area (Å²) in [6.45, 7) is 0. The standard InChI is InChI=1S/C24H14ClN3O4S/c25-21-17-6-2-4-8-20(17)33-22(21)23-26-18(13-14-5-1-3-7-19(14)28(31)32)24(30)27(23)15-9-11-16(29)12-10-15/h1-13,29H/b18-13+. The number of phenols is 1. The number of amides is 1. The maximum absolute atomic E-state index is 13.5. The lowest BCUT2D eigenvalue weighted by atomic mass is 10.1. The Kier molecular flexibility index (Phi) is 5.16. The lowest BCUT2D eigenvalue weighted by Gasteiger charge is -2.18. The van der Waals surface area contributed by atoms with Crippen LogP contribution in [0, 0.1) is 10.1 Å². The second kappa shape index (κ2) is 8.16. The number of carbonyl (C=O) groups excluding carboxylic acids is 1. The maximum atomic E-state index is 13.5. The van der Waals surface area contributed by atoms with Gasteiger partial charge in [-0.1, -0.05) is 41.9 Å². The first-order chi connectivity index (χ1) is 15.9. The fourth-order valence-corrected chi connectivity index (χ4v) is 5.09. The Morgan fingerprint density at radius 3 is 2.45 bits per heavy atom. The second-order valence-electron chi connectivity index (χ2n) is 7.18. The molecular weight excluding hydrogens is 462 g/mol. The van der Waals surface area contributed by atoms with Gasteiger partial charge in [-0.25, -0.2) is 4.99 Å². The molecule has 0 saturated carbocycles. The maximum Gasteiger partial charge on any atom is 0.282 e. The van der Waals surface area contributed by atoms with Gasteiger partial charge in [0.05, 0.1) is 26.1 Å². The molecule has 9 heteroatoms. The number of rotatable bonds is 4. The van der Waals surface area contributed by atoms with Gasteiger partial charge in [0, 0.05) is 16.2 Å². The number of nitrogens with zero attached hydrogens (tertiary/aromatic N) is 3. The summed E-state index contributed by atoms with van der Waals surface area (Å²) in [5.74, 6) is -0.0801. The van der Waals surface area contributed by atoms with Gasteiger partial charge in [0.15, 0.2) is 5.84 Å². The van der Waals surface area contributed by atoms with Crippen LogP contribution in [0.4, 0.5) is 11.4 Å². The van der Waals surface area contributed by atoms with E-state index >= 15 is 0 Å². The van der Waals surface area contributed by atoms with Crippen molar-refractivity contribution in [1.82, 2.24) is 0 Å². The Labute approximate surface area is 196 Å². The van der Waals surface area contributed by atoms with E-state index in [1.54, 1.807) is 30.3 Å². The number of hydrogen-bond donors (Lipinski definition) is 1. The number of benzene rings is 3. The number of nitro groups is 1. The zero-order valence-corrected chi connectivity index (χ0v) is 18.4. The SMILES string of the molecule is O=C1/C(=C\c2ccccc2[N+](=O)[O-])N=C(c2sc3ccccc3c2Cl)N1c1ccc(O)cc1. The van der Waals surface area contributed by atoms with Gasteiger partial charge in [-0.3, -0.25) is 19.8 Å². The molecule has 0 atom stereocenters. The van der Waals surface area contributed by atoms with Gasteiger partial charge in [-0.05, 0) is 42.5 Å². The van der Waals surface area contributed by atoms with Gasteiger partial charge in [-0.15, -0.1) is 11.3 Å². The number of hydrogen-bond acceptors (Lipinski definition) is 6. The summed E-state index contributed by atoms with van der Waals surface area (Å²) in [5.41, 5.74) is 0.665. The molecule has 0 fully saturated rings. The summed E-state index contributed by atoms with van der Waals surface area (Å²) < 4.78 is 0.939. The number of nitro benzene ring substituents is 1. The molecule has 4 aromatic rings. The predicted octanol–water partition coefficient (Wildman–Crippen LogP) is 6.00. The molecule has 0 aliphatic carbocycles. The van der Waals surface area contributed by atoms with Gasteiger partial charge < -0.3 is 5.11 Å². The number of fused-ring (bicyclic) bond motifs is 1. The number of phenolic OH excluding ortho intramolecular Hbond substituents is 1. The Morgan fingerprint density at radius 2 is 1.73 bits per heavy atom. The highest BCUT2D eigenvalue weighted by Gasteiger charge is 2.35. The van der Waals surface area contributed by atoms with Crippen molar-refractivity contribution < 1.29 is 14.8 Å². The summed E-state index contributed by atoms with van der Waals surface area (Å²) >= 11 is 8.08. The first-order valence-electron chi connectivity index (χ1n) is 9.79. The zero-order chi connectivity index (χ0) is 23.1. The quantitative estimate of drug-likeness (QED) is 0.222. The molecule has 5 rings (SSSR count). The average Bonchev–Trinajstić information content (AvgIpc) is 3.31. The van der Waals surface area contributed by atoms with Crippen LogP contribution in [0.15, 0.2) is 83.5 Å². The van der Waals surface area contributed by atoms with E-state index in [9.17, 15) is 20.0 Å². The fraction of sp³-hybridized carbons (Fsp3) is 0. The summed E-state index contributed by atoms with van der Waals surface area (Å²) in [6.07, 6.45) is 1.40. The summed E-state index contributed by atoms with van der Waals surface area (Å²) in [4.78, 5) is 31.0. The smallest absolute Gasteiger partial charge is 0.282 e. The van der Waals surface area contributed by atoms with Crippen molar-refractivity contribution in [2.75, 3.05) is 4.90 Å². The molecule has 7 nitrogen and oxygen atoms in total. The molecule has 3 aromatic carbocycles. The predicted molar refractivity (Wildman–Crippen MR) is 130 cm³/mol. The average molecular weight is 476 g/mol. The van der Waals surface area contributed by atoms with Crippen LogP contribution in [0.1, 0.15) is 10.4 Å². The lowest BCUT2D eigenvalue weighted by molar-refractivity contribution is -0.385. The van der Waals surface area contributed by atoms with Crippen LogP contribution in [-0.2, 0) is 4.79 Å². The molecule has 0 radical (unpaired) electrons. The molecule has 0 spiro atoms. The molecule has 1 aliphatic rings. The second-order valence-corrected chi connectivity index (χ2v) is 8.61. The van der Waals surface area contributed by atoms with Crippen LogP contribution < -0.4 is 4.90 Å². The number of para-hydroxylation sites is 1. The highest BCUT2D eigenvalue weighted by atomic mass is 35.5. The normalized spacial score (nSPS) is 14.8. The van der Waals surface area contributed by atoms with Gasteiger partial charge in [0.2, 0.25) is 0 Å². The van der Waals surface area contributed by atoms with Crippen LogP contribution >= 0.6 is 22.9 Å². The number of amidine groups is 1. The van der Waals surface area contributed by atoms with Crippen molar-refractivity contribution in [1.29, 1.82) is 0 Å². The number of halogens is 1. The highest BCUT2D eigenvalue weighted by molar-refractivity contribution is 7.21. The van der Waals surface area contributed by atoms with Gasteiger partial charge in [0.25, 0.3) is 11.6 Å². The van der Waals surface area contributed by atoms with Crippen molar-refractivity contribution in [2.24, 2.45) is 4.99 Å². The monoisotopic (exact) mass is 475 g/mol. The molecule has 1 aliphatic heterocycles. The topological polar surface area (TPSA) is 96.0 Å². The molecule has 0 unspecified atom stereocenters. The molecule has 0 bridgehead atoms. The highest BCUT2D eigenvalue weighted by Crippen LogP contribution is 2.39. The van der Waals surface area contributed by atoms with E-state index < -0.39 is 10.8 Å². The van der Waals surface area contributed by atoms with E-state index in [1.807, 2.05) is 24.3 Å². The van der Waals surface area contributed by atoms with Gasteiger partial charge in [0.1, 0.15) is 11.4 Å². The van der Waals surface area contributed by atoms with Crippen molar-refractivity contribution in [3.8, 4) is 5.75 Å². The number of carbonyl (C=O) groups is 1. The molecule has 162 valence electrons. The fourth-order valence-electron chi connectivity index (χ4n) is 3.59. The summed E-state index contributed by atoms with van der Waals surface area (Å²) in [5, 5.41) is 22.4. The zero-order valence-electron chi connectivity index (χ0n) is 16.8. The Morgan fingerprint density at radius 1 is 1.03 bits per heavy atom. The van der Waals surface area contributed by atoms with Crippen LogP contribution in [-0.4, -0.2) is 21.8 Å². The number of thiophene rings is 1. The lowest BCUT2D eigenvalue weighted by Crippen LogP contribution is -2.32. The molecule has 1 amide bonds. The minimum Gasteiger partial charge on any atom is -0.508 e.